The van der Waals surface area contributed by atoms with Gasteiger partial charge < -0.3 is 14.4 Å². The molecule has 0 saturated carbocycles. The van der Waals surface area contributed by atoms with E-state index in [1.807, 2.05) is 24.0 Å². The van der Waals surface area contributed by atoms with Gasteiger partial charge in [0.25, 0.3) is 0 Å². The number of methoxy groups -OCH3 is 2. The van der Waals surface area contributed by atoms with Gasteiger partial charge in [-0.1, -0.05) is 6.92 Å². The average molecular weight is 291 g/mol. The van der Waals surface area contributed by atoms with E-state index in [0.717, 1.165) is 54.5 Å². The van der Waals surface area contributed by atoms with Crippen LogP contribution in [0.3, 0.4) is 0 Å². The maximum atomic E-state index is 12.5. The van der Waals surface area contributed by atoms with Gasteiger partial charge in [0.15, 0.2) is 0 Å². The van der Waals surface area contributed by atoms with Crippen molar-refractivity contribution in [2.75, 3.05) is 27.3 Å². The van der Waals surface area contributed by atoms with Crippen LogP contribution in [-0.4, -0.2) is 38.1 Å². The minimum atomic E-state index is 0.172. The lowest BCUT2D eigenvalue weighted by Crippen LogP contribution is -2.38. The van der Waals surface area contributed by atoms with Gasteiger partial charge in [-0.2, -0.15) is 0 Å². The summed E-state index contributed by atoms with van der Waals surface area (Å²) in [6.45, 7) is 5.95. The van der Waals surface area contributed by atoms with Gasteiger partial charge in [0.2, 0.25) is 5.91 Å². The molecular formula is C17H25NO3. The first kappa shape index (κ1) is 15.7. The molecule has 4 heteroatoms. The molecule has 1 aliphatic heterocycles. The first-order valence-electron chi connectivity index (χ1n) is 7.54. The number of nitrogens with zero attached hydrogens (tertiary/aromatic N) is 1. The summed E-state index contributed by atoms with van der Waals surface area (Å²) in [4.78, 5) is 14.4. The van der Waals surface area contributed by atoms with E-state index in [4.69, 9.17) is 9.47 Å². The van der Waals surface area contributed by atoms with Crippen LogP contribution < -0.4 is 9.47 Å². The van der Waals surface area contributed by atoms with Crippen LogP contribution in [0.4, 0.5) is 0 Å². The van der Waals surface area contributed by atoms with Crippen molar-refractivity contribution < 1.29 is 14.3 Å². The first-order chi connectivity index (χ1) is 10.0. The highest BCUT2D eigenvalue weighted by atomic mass is 16.5. The molecule has 4 nitrogen and oxygen atoms in total. The molecule has 0 unspecified atom stereocenters. The molecule has 0 spiro atoms. The standard InChI is InChI=1S/C17H25NO3/c1-12-5-7-18(8-6-12)17(19)11-14-10-15(20-3)13(2)9-16(14)21-4/h9-10,12H,5-8,11H2,1-4H3. The largest absolute Gasteiger partial charge is 0.496 e. The summed E-state index contributed by atoms with van der Waals surface area (Å²) in [5.41, 5.74) is 1.90. The molecule has 0 aliphatic carbocycles. The molecule has 116 valence electrons. The summed E-state index contributed by atoms with van der Waals surface area (Å²) in [7, 11) is 3.28. The molecule has 1 aliphatic rings. The smallest absolute Gasteiger partial charge is 0.227 e. The van der Waals surface area contributed by atoms with Gasteiger partial charge in [0.1, 0.15) is 11.5 Å². The van der Waals surface area contributed by atoms with E-state index in [1.165, 1.54) is 0 Å². The third-order valence-electron chi connectivity index (χ3n) is 4.28. The number of carbonyl (C=O) groups excluding carboxylic acids is 1. The highest BCUT2D eigenvalue weighted by Crippen LogP contribution is 2.29. The van der Waals surface area contributed by atoms with E-state index in [1.54, 1.807) is 14.2 Å². The van der Waals surface area contributed by atoms with E-state index in [9.17, 15) is 4.79 Å². The van der Waals surface area contributed by atoms with Crippen molar-refractivity contribution in [1.29, 1.82) is 0 Å². The highest BCUT2D eigenvalue weighted by molar-refractivity contribution is 5.80. The van der Waals surface area contributed by atoms with Gasteiger partial charge in [-0.3, -0.25) is 4.79 Å². The number of aryl methyl sites for hydroxylation is 1. The number of amides is 1. The van der Waals surface area contributed by atoms with E-state index in [2.05, 4.69) is 6.92 Å². The third kappa shape index (κ3) is 3.69. The normalized spacial score (nSPS) is 15.9. The fraction of sp³-hybridized carbons (Fsp3) is 0.588. The molecule has 1 aromatic rings. The number of hydrogen-bond donors (Lipinski definition) is 0. The molecule has 0 aromatic heterocycles. The zero-order valence-electron chi connectivity index (χ0n) is 13.4. The van der Waals surface area contributed by atoms with Crippen molar-refractivity contribution in [2.24, 2.45) is 5.92 Å². The maximum Gasteiger partial charge on any atom is 0.227 e. The van der Waals surface area contributed by atoms with Crippen LogP contribution in [0.25, 0.3) is 0 Å². The number of benzene rings is 1. The van der Waals surface area contributed by atoms with Crippen molar-refractivity contribution in [3.63, 3.8) is 0 Å². The Morgan fingerprint density at radius 1 is 1.19 bits per heavy atom. The number of likely N-dealkylation sites (tertiary alicyclic amines) is 1. The van der Waals surface area contributed by atoms with Gasteiger partial charge in [0, 0.05) is 18.7 Å². The van der Waals surface area contributed by atoms with Crippen LogP contribution in [0, 0.1) is 12.8 Å². The average Bonchev–Trinajstić information content (AvgIpc) is 2.49. The SMILES string of the molecule is COc1cc(CC(=O)N2CCC(C)CC2)c(OC)cc1C. The van der Waals surface area contributed by atoms with Gasteiger partial charge in [-0.25, -0.2) is 0 Å². The highest BCUT2D eigenvalue weighted by Gasteiger charge is 2.21. The summed E-state index contributed by atoms with van der Waals surface area (Å²) in [5, 5.41) is 0. The van der Waals surface area contributed by atoms with Crippen LogP contribution in [-0.2, 0) is 11.2 Å². The summed E-state index contributed by atoms with van der Waals surface area (Å²) in [5.74, 6) is 2.45. The predicted molar refractivity (Wildman–Crippen MR) is 83.0 cm³/mol. The molecule has 1 saturated heterocycles. The molecule has 21 heavy (non-hydrogen) atoms. The Morgan fingerprint density at radius 3 is 2.38 bits per heavy atom. The fourth-order valence-electron chi connectivity index (χ4n) is 2.78. The van der Waals surface area contributed by atoms with Crippen molar-refractivity contribution in [1.82, 2.24) is 4.90 Å². The number of piperidine rings is 1. The van der Waals surface area contributed by atoms with Crippen molar-refractivity contribution >= 4 is 5.91 Å². The Kier molecular flexibility index (Phi) is 5.10. The number of hydrogen-bond acceptors (Lipinski definition) is 3. The lowest BCUT2D eigenvalue weighted by Gasteiger charge is -2.30. The molecule has 0 radical (unpaired) electrons. The minimum absolute atomic E-state index is 0.172. The quantitative estimate of drug-likeness (QED) is 0.856. The molecule has 1 amide bonds. The number of rotatable bonds is 4. The van der Waals surface area contributed by atoms with Crippen molar-refractivity contribution in [3.05, 3.63) is 23.3 Å². The van der Waals surface area contributed by atoms with E-state index in [-0.39, 0.29) is 5.91 Å². The summed E-state index contributed by atoms with van der Waals surface area (Å²) in [6, 6.07) is 3.85. The lowest BCUT2D eigenvalue weighted by molar-refractivity contribution is -0.131. The molecule has 0 bridgehead atoms. The van der Waals surface area contributed by atoms with Crippen molar-refractivity contribution in [2.45, 2.75) is 33.1 Å². The van der Waals surface area contributed by atoms with Crippen LogP contribution in [0.2, 0.25) is 0 Å². The number of carbonyl (C=O) groups is 1. The predicted octanol–water partition coefficient (Wildman–Crippen LogP) is 2.81. The molecular weight excluding hydrogens is 266 g/mol. The summed E-state index contributed by atoms with van der Waals surface area (Å²) in [6.07, 6.45) is 2.56. The Bertz CT molecular complexity index is 505. The van der Waals surface area contributed by atoms with Gasteiger partial charge >= 0.3 is 0 Å². The Hall–Kier alpha value is -1.71. The van der Waals surface area contributed by atoms with E-state index in [0.29, 0.717) is 6.42 Å². The third-order valence-corrected chi connectivity index (χ3v) is 4.28. The number of ether oxygens (including phenoxy) is 2. The Morgan fingerprint density at radius 2 is 1.81 bits per heavy atom. The second-order valence-corrected chi connectivity index (χ2v) is 5.87. The van der Waals surface area contributed by atoms with Crippen LogP contribution >= 0.6 is 0 Å². The van der Waals surface area contributed by atoms with Crippen LogP contribution in [0.5, 0.6) is 11.5 Å². The molecule has 1 heterocycles. The Labute approximate surface area is 127 Å². The fourth-order valence-corrected chi connectivity index (χ4v) is 2.78. The zero-order valence-corrected chi connectivity index (χ0v) is 13.4. The van der Waals surface area contributed by atoms with Gasteiger partial charge in [-0.05, 0) is 43.4 Å². The van der Waals surface area contributed by atoms with Gasteiger partial charge in [-0.15, -0.1) is 0 Å². The zero-order chi connectivity index (χ0) is 15.4. The lowest BCUT2D eigenvalue weighted by atomic mass is 9.98. The molecule has 2 rings (SSSR count). The van der Waals surface area contributed by atoms with Crippen LogP contribution in [0.15, 0.2) is 12.1 Å². The van der Waals surface area contributed by atoms with Crippen molar-refractivity contribution in [3.8, 4) is 11.5 Å². The topological polar surface area (TPSA) is 38.8 Å². The first-order valence-corrected chi connectivity index (χ1v) is 7.54. The second-order valence-electron chi connectivity index (χ2n) is 5.87. The van der Waals surface area contributed by atoms with Gasteiger partial charge in [0.05, 0.1) is 20.6 Å². The summed E-state index contributed by atoms with van der Waals surface area (Å²) < 4.78 is 10.8. The molecule has 0 atom stereocenters. The van der Waals surface area contributed by atoms with E-state index < -0.39 is 0 Å². The van der Waals surface area contributed by atoms with Crippen LogP contribution in [0.1, 0.15) is 30.9 Å². The maximum absolute atomic E-state index is 12.5. The second kappa shape index (κ2) is 6.83. The molecule has 1 aromatic carbocycles. The summed E-state index contributed by atoms with van der Waals surface area (Å²) >= 11 is 0. The molecule has 0 N–H and O–H groups in total. The minimum Gasteiger partial charge on any atom is -0.496 e. The molecule has 1 fully saturated rings. The Balaban J connectivity index is 2.12. The monoisotopic (exact) mass is 291 g/mol. The van der Waals surface area contributed by atoms with E-state index >= 15 is 0 Å².